The first-order chi connectivity index (χ1) is 11.2. The van der Waals surface area contributed by atoms with Crippen LogP contribution < -0.4 is 4.74 Å². The molecule has 120 valence electrons. The molecule has 5 rings (SSSR count). The summed E-state index contributed by atoms with van der Waals surface area (Å²) in [5, 5.41) is 0.920. The highest BCUT2D eigenvalue weighted by molar-refractivity contribution is 7.14. The lowest BCUT2D eigenvalue weighted by Crippen LogP contribution is -2.79. The topological polar surface area (TPSA) is 45.7 Å². The van der Waals surface area contributed by atoms with Gasteiger partial charge in [-0.15, -0.1) is 0 Å². The van der Waals surface area contributed by atoms with Crippen molar-refractivity contribution < 1.29 is 9.53 Å². The number of ether oxygens (including phenoxy) is 1. The van der Waals surface area contributed by atoms with Gasteiger partial charge in [0.15, 0.2) is 0 Å². The summed E-state index contributed by atoms with van der Waals surface area (Å²) in [6.07, 6.45) is 3.62. The molecule has 0 bridgehead atoms. The van der Waals surface area contributed by atoms with E-state index < -0.39 is 0 Å². The first kappa shape index (κ1) is 13.7. The summed E-state index contributed by atoms with van der Waals surface area (Å²) in [5.41, 5.74) is 0.899. The number of fused-ring (bicyclic) bond motifs is 1. The Kier molecular flexibility index (Phi) is 2.79. The highest BCUT2D eigenvalue weighted by atomic mass is 32.1. The molecule has 2 saturated heterocycles. The van der Waals surface area contributed by atoms with Crippen molar-refractivity contribution in [1.29, 1.82) is 0 Å². The highest BCUT2D eigenvalue weighted by Gasteiger charge is 2.61. The average molecular weight is 329 g/mol. The van der Waals surface area contributed by atoms with Gasteiger partial charge < -0.3 is 9.64 Å². The molecule has 1 amide bonds. The average Bonchev–Trinajstić information content (AvgIpc) is 2.94. The van der Waals surface area contributed by atoms with E-state index in [1.54, 1.807) is 7.11 Å². The van der Waals surface area contributed by atoms with Crippen molar-refractivity contribution in [3.8, 4) is 5.75 Å². The summed E-state index contributed by atoms with van der Waals surface area (Å²) in [4.78, 5) is 17.8. The number of carbonyl (C=O) groups excluding carboxylic acids is 1. The van der Waals surface area contributed by atoms with Crippen molar-refractivity contribution in [1.82, 2.24) is 14.2 Å². The van der Waals surface area contributed by atoms with E-state index in [0.717, 1.165) is 35.3 Å². The SMILES string of the molecule is COc1cccc2c(C(=O)N3CCN4CCC45CCC35)nsc12. The van der Waals surface area contributed by atoms with E-state index in [9.17, 15) is 4.79 Å². The molecule has 2 aliphatic heterocycles. The number of hydrogen-bond donors (Lipinski definition) is 0. The highest BCUT2D eigenvalue weighted by Crippen LogP contribution is 2.52. The summed E-state index contributed by atoms with van der Waals surface area (Å²) in [5.74, 6) is 0.892. The maximum atomic E-state index is 13.1. The molecule has 3 aliphatic rings. The minimum absolute atomic E-state index is 0.0973. The number of hydrogen-bond acceptors (Lipinski definition) is 5. The van der Waals surface area contributed by atoms with Crippen LogP contribution in [-0.4, -0.2) is 58.4 Å². The molecule has 2 unspecified atom stereocenters. The molecule has 6 heteroatoms. The Morgan fingerprint density at radius 1 is 1.35 bits per heavy atom. The molecule has 1 aromatic heterocycles. The second-order valence-corrected chi connectivity index (χ2v) is 7.54. The molecule has 2 aromatic rings. The lowest BCUT2D eigenvalue weighted by Gasteiger charge is -2.68. The Labute approximate surface area is 139 Å². The van der Waals surface area contributed by atoms with Crippen molar-refractivity contribution in [2.75, 3.05) is 26.7 Å². The molecule has 1 aliphatic carbocycles. The van der Waals surface area contributed by atoms with Gasteiger partial charge in [-0.05, 0) is 36.9 Å². The molecule has 23 heavy (non-hydrogen) atoms. The fourth-order valence-electron chi connectivity index (χ4n) is 4.62. The normalized spacial score (nSPS) is 29.4. The Hall–Kier alpha value is -1.66. The summed E-state index contributed by atoms with van der Waals surface area (Å²) in [7, 11) is 1.66. The van der Waals surface area contributed by atoms with Crippen LogP contribution in [0.3, 0.4) is 0 Å². The maximum Gasteiger partial charge on any atom is 0.274 e. The lowest BCUT2D eigenvalue weighted by molar-refractivity contribution is -0.161. The molecular formula is C17H19N3O2S. The number of piperazine rings is 1. The van der Waals surface area contributed by atoms with E-state index >= 15 is 0 Å². The summed E-state index contributed by atoms with van der Waals surface area (Å²) in [6.45, 7) is 3.04. The van der Waals surface area contributed by atoms with Crippen LogP contribution in [0.2, 0.25) is 0 Å². The first-order valence-corrected chi connectivity index (χ1v) is 9.00. The predicted octanol–water partition coefficient (Wildman–Crippen LogP) is 2.37. The van der Waals surface area contributed by atoms with Gasteiger partial charge in [-0.25, -0.2) is 0 Å². The summed E-state index contributed by atoms with van der Waals surface area (Å²) < 4.78 is 10.8. The smallest absolute Gasteiger partial charge is 0.274 e. The monoisotopic (exact) mass is 329 g/mol. The predicted molar refractivity (Wildman–Crippen MR) is 89.2 cm³/mol. The fraction of sp³-hybridized carbons (Fsp3) is 0.529. The van der Waals surface area contributed by atoms with Gasteiger partial charge in [-0.2, -0.15) is 4.37 Å². The Bertz CT molecular complexity index is 800. The van der Waals surface area contributed by atoms with Crippen molar-refractivity contribution in [3.63, 3.8) is 0 Å². The molecule has 5 nitrogen and oxygen atoms in total. The van der Waals surface area contributed by atoms with Gasteiger partial charge in [0.1, 0.15) is 11.4 Å². The molecule has 3 fully saturated rings. The van der Waals surface area contributed by atoms with Gasteiger partial charge in [0.2, 0.25) is 0 Å². The van der Waals surface area contributed by atoms with Crippen LogP contribution >= 0.6 is 11.5 Å². The third kappa shape index (κ3) is 1.65. The molecular weight excluding hydrogens is 310 g/mol. The van der Waals surface area contributed by atoms with Gasteiger partial charge in [0.25, 0.3) is 5.91 Å². The zero-order valence-electron chi connectivity index (χ0n) is 13.1. The number of rotatable bonds is 2. The van der Waals surface area contributed by atoms with Crippen molar-refractivity contribution in [3.05, 3.63) is 23.9 Å². The quantitative estimate of drug-likeness (QED) is 0.848. The molecule has 1 saturated carbocycles. The number of aromatic nitrogens is 1. The van der Waals surface area contributed by atoms with Crippen LogP contribution in [0, 0.1) is 0 Å². The van der Waals surface area contributed by atoms with Gasteiger partial charge >= 0.3 is 0 Å². The van der Waals surface area contributed by atoms with Gasteiger partial charge in [-0.3, -0.25) is 9.69 Å². The van der Waals surface area contributed by atoms with Gasteiger partial charge in [-0.1, -0.05) is 12.1 Å². The molecule has 0 radical (unpaired) electrons. The first-order valence-electron chi connectivity index (χ1n) is 8.23. The number of carbonyl (C=O) groups is 1. The summed E-state index contributed by atoms with van der Waals surface area (Å²) in [6, 6.07) is 6.22. The minimum atomic E-state index is 0.0973. The van der Waals surface area contributed by atoms with E-state index in [4.69, 9.17) is 4.74 Å². The minimum Gasteiger partial charge on any atom is -0.495 e. The van der Waals surface area contributed by atoms with Crippen LogP contribution in [0.15, 0.2) is 18.2 Å². The fourth-order valence-corrected chi connectivity index (χ4v) is 5.48. The van der Waals surface area contributed by atoms with Crippen molar-refractivity contribution in [2.24, 2.45) is 0 Å². The Morgan fingerprint density at radius 2 is 2.26 bits per heavy atom. The third-order valence-electron chi connectivity index (χ3n) is 6.05. The largest absolute Gasteiger partial charge is 0.495 e. The standard InChI is InChI=1S/C17H19N3O2S/c1-22-12-4-2-3-11-14(18-23-15(11)12)16(21)20-10-9-19-8-7-17(19)6-5-13(17)20/h2-4,13H,5-10H2,1H3. The van der Waals surface area contributed by atoms with E-state index in [-0.39, 0.29) is 5.91 Å². The van der Waals surface area contributed by atoms with Gasteiger partial charge in [0, 0.05) is 30.6 Å². The van der Waals surface area contributed by atoms with Crippen molar-refractivity contribution >= 4 is 27.5 Å². The zero-order valence-corrected chi connectivity index (χ0v) is 13.9. The van der Waals surface area contributed by atoms with Crippen LogP contribution in [-0.2, 0) is 0 Å². The van der Waals surface area contributed by atoms with E-state index in [2.05, 4.69) is 14.2 Å². The number of methoxy groups -OCH3 is 1. The third-order valence-corrected chi connectivity index (χ3v) is 6.93. The second-order valence-electron chi connectivity index (χ2n) is 6.76. The molecule has 1 spiro atoms. The number of benzene rings is 1. The van der Waals surface area contributed by atoms with Crippen LogP contribution in [0.4, 0.5) is 0 Å². The van der Waals surface area contributed by atoms with E-state index in [0.29, 0.717) is 17.3 Å². The molecule has 3 heterocycles. The van der Waals surface area contributed by atoms with Crippen LogP contribution in [0.25, 0.3) is 10.1 Å². The van der Waals surface area contributed by atoms with Gasteiger partial charge in [0.05, 0.1) is 17.9 Å². The Balaban J connectivity index is 1.51. The second kappa shape index (κ2) is 4.68. The van der Waals surface area contributed by atoms with Crippen molar-refractivity contribution in [2.45, 2.75) is 30.8 Å². The van der Waals surface area contributed by atoms with E-state index in [1.807, 2.05) is 18.2 Å². The lowest BCUT2D eigenvalue weighted by atomic mass is 9.61. The van der Waals surface area contributed by atoms with Crippen LogP contribution in [0.5, 0.6) is 5.75 Å². The maximum absolute atomic E-state index is 13.1. The zero-order chi connectivity index (χ0) is 15.6. The van der Waals surface area contributed by atoms with E-state index in [1.165, 1.54) is 30.9 Å². The molecule has 2 atom stereocenters. The number of amides is 1. The Morgan fingerprint density at radius 3 is 2.96 bits per heavy atom. The molecule has 1 aromatic carbocycles. The number of nitrogens with zero attached hydrogens (tertiary/aromatic N) is 3. The molecule has 0 N–H and O–H groups in total. The summed E-state index contributed by atoms with van der Waals surface area (Å²) >= 11 is 1.36. The van der Waals surface area contributed by atoms with Crippen LogP contribution in [0.1, 0.15) is 29.8 Å².